The van der Waals surface area contributed by atoms with Gasteiger partial charge in [0.05, 0.1) is 23.1 Å². The molecule has 0 saturated carbocycles. The molecule has 2 aromatic carbocycles. The summed E-state index contributed by atoms with van der Waals surface area (Å²) in [5.41, 5.74) is 1.71. The molecule has 4 N–H and O–H groups in total. The fourth-order valence-electron chi connectivity index (χ4n) is 3.12. The molecular weight excluding hydrogens is 408 g/mol. The number of amides is 1. The van der Waals surface area contributed by atoms with Gasteiger partial charge >= 0.3 is 0 Å². The molecule has 0 saturated heterocycles. The maximum Gasteiger partial charge on any atom is 0.271 e. The van der Waals surface area contributed by atoms with Crippen LogP contribution in [0.3, 0.4) is 0 Å². The van der Waals surface area contributed by atoms with Crippen molar-refractivity contribution in [3.63, 3.8) is 0 Å². The summed E-state index contributed by atoms with van der Waals surface area (Å²) in [5, 5.41) is 30.0. The van der Waals surface area contributed by atoms with E-state index < -0.39 is 16.9 Å². The smallest absolute Gasteiger partial charge is 0.271 e. The number of nitrogens with one attached hydrogen (secondary N) is 3. The summed E-state index contributed by atoms with van der Waals surface area (Å²) in [6, 6.07) is 9.86. The number of phenols is 1. The first-order valence-corrected chi connectivity index (χ1v) is 9.50. The second-order valence-electron chi connectivity index (χ2n) is 6.49. The van der Waals surface area contributed by atoms with Crippen LogP contribution < -0.4 is 20.7 Å². The highest BCUT2D eigenvalue weighted by molar-refractivity contribution is 7.80. The van der Waals surface area contributed by atoms with Gasteiger partial charge in [0.1, 0.15) is 0 Å². The molecule has 3 rings (SSSR count). The van der Waals surface area contributed by atoms with Crippen molar-refractivity contribution >= 4 is 34.6 Å². The van der Waals surface area contributed by atoms with Crippen molar-refractivity contribution in [2.24, 2.45) is 0 Å². The number of nitrogens with zero attached hydrogens (tertiary/aromatic N) is 1. The lowest BCUT2D eigenvalue weighted by Crippen LogP contribution is -2.45. The molecule has 0 fully saturated rings. The number of aromatic hydroxyl groups is 1. The Morgan fingerprint density at radius 2 is 2.10 bits per heavy atom. The lowest BCUT2D eigenvalue weighted by Gasteiger charge is -2.30. The summed E-state index contributed by atoms with van der Waals surface area (Å²) in [6.07, 6.45) is 0. The number of nitro benzene ring substituents is 1. The van der Waals surface area contributed by atoms with Crippen LogP contribution >= 0.6 is 12.2 Å². The van der Waals surface area contributed by atoms with Crippen molar-refractivity contribution in [1.82, 2.24) is 10.6 Å². The summed E-state index contributed by atoms with van der Waals surface area (Å²) >= 11 is 5.24. The maximum absolute atomic E-state index is 13.1. The first-order valence-electron chi connectivity index (χ1n) is 9.10. The van der Waals surface area contributed by atoms with Crippen molar-refractivity contribution in [2.75, 3.05) is 11.9 Å². The zero-order valence-corrected chi connectivity index (χ0v) is 17.1. The van der Waals surface area contributed by atoms with Crippen molar-refractivity contribution in [3.8, 4) is 11.5 Å². The fraction of sp³-hybridized carbons (Fsp3) is 0.200. The van der Waals surface area contributed by atoms with Gasteiger partial charge in [-0.25, -0.2) is 0 Å². The van der Waals surface area contributed by atoms with Crippen LogP contribution in [0.25, 0.3) is 0 Å². The van der Waals surface area contributed by atoms with Crippen LogP contribution in [0.5, 0.6) is 11.5 Å². The van der Waals surface area contributed by atoms with E-state index in [2.05, 4.69) is 16.0 Å². The molecule has 1 amide bonds. The van der Waals surface area contributed by atoms with E-state index in [1.54, 1.807) is 32.0 Å². The Labute approximate surface area is 177 Å². The number of anilines is 1. The third-order valence-electron chi connectivity index (χ3n) is 4.45. The van der Waals surface area contributed by atoms with E-state index >= 15 is 0 Å². The molecule has 1 heterocycles. The Balaban J connectivity index is 1.96. The first-order chi connectivity index (χ1) is 14.3. The number of hydrogen-bond donors (Lipinski definition) is 4. The molecule has 0 radical (unpaired) electrons. The highest BCUT2D eigenvalue weighted by Crippen LogP contribution is 2.34. The van der Waals surface area contributed by atoms with E-state index in [-0.39, 0.29) is 17.2 Å². The summed E-state index contributed by atoms with van der Waals surface area (Å²) in [5.74, 6) is -0.177. The highest BCUT2D eigenvalue weighted by atomic mass is 32.1. The number of carbonyl (C=O) groups is 1. The zero-order chi connectivity index (χ0) is 21.8. The molecule has 0 aromatic heterocycles. The molecule has 30 heavy (non-hydrogen) atoms. The summed E-state index contributed by atoms with van der Waals surface area (Å²) in [6.45, 7) is 3.88. The van der Waals surface area contributed by atoms with Crippen LogP contribution in [0, 0.1) is 10.1 Å². The van der Waals surface area contributed by atoms with E-state index in [4.69, 9.17) is 17.0 Å². The molecule has 2 aromatic rings. The predicted octanol–water partition coefficient (Wildman–Crippen LogP) is 3.13. The van der Waals surface area contributed by atoms with Crippen LogP contribution in [0.15, 0.2) is 53.7 Å². The number of carbonyl (C=O) groups excluding carboxylic acids is 1. The number of thiocarbonyl (C=S) groups is 1. The van der Waals surface area contributed by atoms with Crippen molar-refractivity contribution < 1.29 is 19.6 Å². The van der Waals surface area contributed by atoms with Gasteiger partial charge < -0.3 is 25.8 Å². The lowest BCUT2D eigenvalue weighted by atomic mass is 9.94. The minimum atomic E-state index is -0.614. The molecule has 10 heteroatoms. The molecule has 0 spiro atoms. The van der Waals surface area contributed by atoms with E-state index in [0.29, 0.717) is 34.2 Å². The van der Waals surface area contributed by atoms with E-state index in [1.807, 2.05) is 0 Å². The number of benzene rings is 2. The Morgan fingerprint density at radius 3 is 2.80 bits per heavy atom. The molecule has 0 aliphatic carbocycles. The second-order valence-corrected chi connectivity index (χ2v) is 6.90. The van der Waals surface area contributed by atoms with Crippen molar-refractivity contribution in [2.45, 2.75) is 19.9 Å². The second kappa shape index (κ2) is 8.78. The Morgan fingerprint density at radius 1 is 1.33 bits per heavy atom. The van der Waals surface area contributed by atoms with E-state index in [9.17, 15) is 20.0 Å². The quantitative estimate of drug-likeness (QED) is 0.314. The molecule has 1 unspecified atom stereocenters. The Bertz CT molecular complexity index is 1050. The number of rotatable bonds is 6. The van der Waals surface area contributed by atoms with Crippen LogP contribution in [0.1, 0.15) is 25.5 Å². The molecule has 9 nitrogen and oxygen atoms in total. The van der Waals surface area contributed by atoms with Crippen LogP contribution in [0.4, 0.5) is 11.4 Å². The third-order valence-corrected chi connectivity index (χ3v) is 4.67. The van der Waals surface area contributed by atoms with Gasteiger partial charge in [-0.1, -0.05) is 12.1 Å². The van der Waals surface area contributed by atoms with Crippen molar-refractivity contribution in [3.05, 3.63) is 69.4 Å². The minimum absolute atomic E-state index is 0.0135. The molecule has 1 aliphatic heterocycles. The third kappa shape index (κ3) is 4.49. The number of nitro groups is 1. The van der Waals surface area contributed by atoms with Crippen LogP contribution in [-0.2, 0) is 4.79 Å². The van der Waals surface area contributed by atoms with E-state index in [1.165, 1.54) is 24.3 Å². The van der Waals surface area contributed by atoms with Gasteiger partial charge in [-0.05, 0) is 49.8 Å². The average molecular weight is 428 g/mol. The summed E-state index contributed by atoms with van der Waals surface area (Å²) in [7, 11) is 0. The lowest BCUT2D eigenvalue weighted by molar-refractivity contribution is -0.384. The number of ether oxygens (including phenoxy) is 1. The average Bonchev–Trinajstić information content (AvgIpc) is 2.69. The number of non-ortho nitro benzene ring substituents is 1. The van der Waals surface area contributed by atoms with Gasteiger partial charge in [-0.3, -0.25) is 14.9 Å². The predicted molar refractivity (Wildman–Crippen MR) is 115 cm³/mol. The molecule has 0 bridgehead atoms. The largest absolute Gasteiger partial charge is 0.504 e. The number of phenolic OH excluding ortho intramolecular Hbond substituents is 1. The van der Waals surface area contributed by atoms with E-state index in [0.717, 1.165) is 0 Å². The molecule has 1 atom stereocenters. The van der Waals surface area contributed by atoms with Gasteiger partial charge in [0.2, 0.25) is 0 Å². The Kier molecular flexibility index (Phi) is 6.17. The fourth-order valence-corrected chi connectivity index (χ4v) is 3.39. The highest BCUT2D eigenvalue weighted by Gasteiger charge is 2.30. The monoisotopic (exact) mass is 428 g/mol. The van der Waals surface area contributed by atoms with Crippen LogP contribution in [0.2, 0.25) is 0 Å². The summed E-state index contributed by atoms with van der Waals surface area (Å²) < 4.78 is 5.44. The number of allylic oxidation sites excluding steroid dienone is 1. The van der Waals surface area contributed by atoms with Crippen molar-refractivity contribution in [1.29, 1.82) is 0 Å². The van der Waals surface area contributed by atoms with Gasteiger partial charge in [0.15, 0.2) is 16.6 Å². The normalized spacial score (nSPS) is 15.8. The molecule has 156 valence electrons. The Hall–Kier alpha value is -3.66. The number of hydrogen-bond acceptors (Lipinski definition) is 6. The topological polar surface area (TPSA) is 126 Å². The SMILES string of the molecule is CCOc1cc(C2NC(=S)NC(C)=C2C(=O)Nc2cccc([N+](=O)[O-])c2)ccc1O. The summed E-state index contributed by atoms with van der Waals surface area (Å²) in [4.78, 5) is 23.5. The van der Waals surface area contributed by atoms with Gasteiger partial charge in [-0.15, -0.1) is 0 Å². The standard InChI is InChI=1S/C20H20N4O5S/c1-3-29-16-9-12(7-8-15(16)25)18-17(11(2)21-20(30)23-18)19(26)22-13-5-4-6-14(10-13)24(27)28/h4-10,18,25H,3H2,1-2H3,(H,22,26)(H2,21,23,30). The van der Waals surface area contributed by atoms with Gasteiger partial charge in [-0.2, -0.15) is 0 Å². The minimum Gasteiger partial charge on any atom is -0.504 e. The van der Waals surface area contributed by atoms with Gasteiger partial charge in [0.25, 0.3) is 11.6 Å². The first kappa shape index (κ1) is 21.1. The van der Waals surface area contributed by atoms with Crippen LogP contribution in [-0.4, -0.2) is 27.7 Å². The maximum atomic E-state index is 13.1. The molecule has 1 aliphatic rings. The molecular formula is C20H20N4O5S. The van der Waals surface area contributed by atoms with Gasteiger partial charge in [0, 0.05) is 23.5 Å². The zero-order valence-electron chi connectivity index (χ0n) is 16.3.